The number of nitrogens with zero attached hydrogens (tertiary/aromatic N) is 2. The van der Waals surface area contributed by atoms with Gasteiger partial charge in [0.15, 0.2) is 0 Å². The lowest BCUT2D eigenvalue weighted by atomic mass is 9.93. The summed E-state index contributed by atoms with van der Waals surface area (Å²) in [4.78, 5) is 1.73. The summed E-state index contributed by atoms with van der Waals surface area (Å²) in [6.45, 7) is 0. The van der Waals surface area contributed by atoms with E-state index in [9.17, 15) is 13.0 Å². The quantitative estimate of drug-likeness (QED) is 0.114. The van der Waals surface area contributed by atoms with Gasteiger partial charge in [-0.15, -0.1) is 0 Å². The fourth-order valence-electron chi connectivity index (χ4n) is 5.38. The van der Waals surface area contributed by atoms with Crippen LogP contribution in [-0.2, 0) is 10.1 Å². The van der Waals surface area contributed by atoms with E-state index in [4.69, 9.17) is 13.9 Å². The summed E-state index contributed by atoms with van der Waals surface area (Å²) < 4.78 is 56.3. The minimum Gasteiger partial charge on any atom is -0.744 e. The van der Waals surface area contributed by atoms with Crippen LogP contribution in [0.2, 0.25) is 0 Å². The molecule has 0 fully saturated rings. The Bertz CT molecular complexity index is 2140. The predicted molar refractivity (Wildman–Crippen MR) is 171 cm³/mol. The third kappa shape index (κ3) is 5.39. The fourth-order valence-corrected chi connectivity index (χ4v) is 6.06. The van der Waals surface area contributed by atoms with Gasteiger partial charge in [-0.2, -0.15) is 4.58 Å². The summed E-state index contributed by atoms with van der Waals surface area (Å²) in [6.07, 6.45) is 0. The van der Waals surface area contributed by atoms with Crippen molar-refractivity contribution >= 4 is 38.1 Å². The minimum absolute atomic E-state index is 0.285. The lowest BCUT2D eigenvalue weighted by Crippen LogP contribution is -2.21. The summed E-state index contributed by atoms with van der Waals surface area (Å²) in [6, 6.07) is 33.2. The lowest BCUT2D eigenvalue weighted by Gasteiger charge is -2.22. The summed E-state index contributed by atoms with van der Waals surface area (Å²) in [5, 5.41) is 1.53. The second-order valence-electron chi connectivity index (χ2n) is 10.3. The van der Waals surface area contributed by atoms with Gasteiger partial charge >= 0.3 is 0 Å². The zero-order chi connectivity index (χ0) is 31.0. The fraction of sp³-hybridized carbons (Fsp3) is 0.114. The molecular weight excluding hydrogens is 576 g/mol. The maximum absolute atomic E-state index is 12.4. The predicted octanol–water partition coefficient (Wildman–Crippen LogP) is 6.63. The molecule has 0 saturated heterocycles. The second kappa shape index (κ2) is 11.5. The molecule has 0 spiro atoms. The Morgan fingerprint density at radius 1 is 0.750 bits per heavy atom. The molecule has 4 aromatic carbocycles. The van der Waals surface area contributed by atoms with Crippen molar-refractivity contribution in [3.8, 4) is 33.9 Å². The Kier molecular flexibility index (Phi) is 7.59. The van der Waals surface area contributed by atoms with E-state index >= 15 is 0 Å². The molecule has 8 nitrogen and oxygen atoms in total. The van der Waals surface area contributed by atoms with Crippen molar-refractivity contribution < 1.29 is 26.9 Å². The first-order valence-electron chi connectivity index (χ1n) is 13.8. The Labute approximate surface area is 255 Å². The molecule has 9 heteroatoms. The van der Waals surface area contributed by atoms with Crippen LogP contribution >= 0.6 is 0 Å². The van der Waals surface area contributed by atoms with Crippen LogP contribution in [0, 0.1) is 0 Å². The van der Waals surface area contributed by atoms with Crippen molar-refractivity contribution in [2.24, 2.45) is 0 Å². The van der Waals surface area contributed by atoms with E-state index in [0.29, 0.717) is 33.4 Å². The van der Waals surface area contributed by atoms with Crippen LogP contribution in [-0.4, -0.2) is 41.3 Å². The molecule has 4 aromatic rings. The highest BCUT2D eigenvalue weighted by atomic mass is 32.2. The molecule has 0 bridgehead atoms. The Hall–Kier alpha value is -5.12. The lowest BCUT2D eigenvalue weighted by molar-refractivity contribution is 0.414. The molecule has 0 amide bonds. The van der Waals surface area contributed by atoms with Crippen LogP contribution in [0.1, 0.15) is 0 Å². The number of rotatable bonds is 7. The Morgan fingerprint density at radius 3 is 2.05 bits per heavy atom. The SMILES string of the molecule is COc1ccc(N(C)c2ccc3c(-c4ccccc4S(=O)(=O)[O-])c4ccc(=[N+](C)c5ccc(OC)cc5)cc-4oc3c2)cc1. The number of anilines is 2. The molecule has 0 aromatic heterocycles. The van der Waals surface area contributed by atoms with Crippen molar-refractivity contribution in [1.29, 1.82) is 0 Å². The van der Waals surface area contributed by atoms with Gasteiger partial charge < -0.3 is 23.3 Å². The third-order valence-electron chi connectivity index (χ3n) is 7.81. The van der Waals surface area contributed by atoms with Crippen LogP contribution in [0.15, 0.2) is 119 Å². The monoisotopic (exact) mass is 606 g/mol. The van der Waals surface area contributed by atoms with Crippen molar-refractivity contribution in [2.45, 2.75) is 4.90 Å². The van der Waals surface area contributed by atoms with Gasteiger partial charge in [0.1, 0.15) is 40.0 Å². The normalized spacial score (nSPS) is 12.3. The van der Waals surface area contributed by atoms with Crippen molar-refractivity contribution in [3.05, 3.63) is 115 Å². The topological polar surface area (TPSA) is 95.1 Å². The molecule has 1 aliphatic heterocycles. The van der Waals surface area contributed by atoms with Crippen LogP contribution in [0.3, 0.4) is 0 Å². The first-order chi connectivity index (χ1) is 21.2. The molecule has 0 saturated carbocycles. The van der Waals surface area contributed by atoms with E-state index in [0.717, 1.165) is 33.9 Å². The zero-order valence-electron chi connectivity index (χ0n) is 24.6. The van der Waals surface area contributed by atoms with Crippen LogP contribution in [0.5, 0.6) is 11.5 Å². The summed E-state index contributed by atoms with van der Waals surface area (Å²) in [5.74, 6) is 2.05. The molecule has 0 N–H and O–H groups in total. The Balaban J connectivity index is 1.61. The maximum Gasteiger partial charge on any atom is 0.209 e. The smallest absolute Gasteiger partial charge is 0.209 e. The van der Waals surface area contributed by atoms with Gasteiger partial charge in [-0.3, -0.25) is 0 Å². The average Bonchev–Trinajstić information content (AvgIpc) is 3.05. The molecular formula is C35H30N2O6S. The largest absolute Gasteiger partial charge is 0.744 e. The molecule has 222 valence electrons. The molecule has 0 unspecified atom stereocenters. The summed E-state index contributed by atoms with van der Waals surface area (Å²) >= 11 is 0. The summed E-state index contributed by atoms with van der Waals surface area (Å²) in [7, 11) is 2.39. The van der Waals surface area contributed by atoms with Crippen LogP contribution in [0.4, 0.5) is 17.1 Å². The highest BCUT2D eigenvalue weighted by molar-refractivity contribution is 7.85. The van der Waals surface area contributed by atoms with Gasteiger partial charge in [0, 0.05) is 64.8 Å². The Morgan fingerprint density at radius 2 is 1.39 bits per heavy atom. The molecule has 1 aliphatic carbocycles. The molecule has 2 aliphatic rings. The molecule has 6 rings (SSSR count). The molecule has 0 radical (unpaired) electrons. The van der Waals surface area contributed by atoms with Gasteiger partial charge in [-0.05, 0) is 60.7 Å². The van der Waals surface area contributed by atoms with E-state index in [1.165, 1.54) is 6.07 Å². The average molecular weight is 607 g/mol. The van der Waals surface area contributed by atoms with Crippen LogP contribution in [0.25, 0.3) is 33.4 Å². The number of ether oxygens (including phenoxy) is 2. The number of methoxy groups -OCH3 is 2. The molecule has 1 heterocycles. The first-order valence-corrected chi connectivity index (χ1v) is 15.2. The van der Waals surface area contributed by atoms with Gasteiger partial charge in [-0.25, -0.2) is 8.42 Å². The summed E-state index contributed by atoms with van der Waals surface area (Å²) in [5.41, 5.74) is 4.88. The van der Waals surface area contributed by atoms with Gasteiger partial charge in [0.05, 0.1) is 25.2 Å². The van der Waals surface area contributed by atoms with Crippen molar-refractivity contribution in [3.63, 3.8) is 0 Å². The standard InChI is InChI=1S/C35H30N2O6S/c1-36(23-9-15-27(41-3)16-10-23)25-13-19-29-32(21-25)43-33-22-26(37(2)24-11-17-28(42-4)18-12-24)14-20-30(33)35(29)31-7-5-6-8-34(31)44(38,39)40/h5-22H,1-4H3. The number of fused-ring (bicyclic) bond motifs is 2. The number of hydrogen-bond acceptors (Lipinski definition) is 7. The highest BCUT2D eigenvalue weighted by Crippen LogP contribution is 2.43. The van der Waals surface area contributed by atoms with E-state index in [2.05, 4.69) is 0 Å². The number of benzene rings is 5. The van der Waals surface area contributed by atoms with Crippen molar-refractivity contribution in [1.82, 2.24) is 4.58 Å². The van der Waals surface area contributed by atoms with Crippen LogP contribution < -0.4 is 24.3 Å². The van der Waals surface area contributed by atoms with Gasteiger partial charge in [0.25, 0.3) is 0 Å². The van der Waals surface area contributed by atoms with Gasteiger partial charge in [-0.1, -0.05) is 18.2 Å². The van der Waals surface area contributed by atoms with E-state index in [1.807, 2.05) is 108 Å². The zero-order valence-corrected chi connectivity index (χ0v) is 25.5. The van der Waals surface area contributed by atoms with Gasteiger partial charge in [0.2, 0.25) is 11.0 Å². The highest BCUT2D eigenvalue weighted by Gasteiger charge is 2.22. The second-order valence-corrected chi connectivity index (χ2v) is 11.7. The van der Waals surface area contributed by atoms with E-state index in [-0.39, 0.29) is 4.90 Å². The number of hydrogen-bond donors (Lipinski definition) is 0. The first kappa shape index (κ1) is 29.0. The molecule has 0 atom stereocenters. The maximum atomic E-state index is 12.4. The van der Waals surface area contributed by atoms with Crippen molar-refractivity contribution in [2.75, 3.05) is 33.2 Å². The molecule has 44 heavy (non-hydrogen) atoms. The van der Waals surface area contributed by atoms with E-state index < -0.39 is 10.1 Å². The third-order valence-corrected chi connectivity index (χ3v) is 8.70. The van der Waals surface area contributed by atoms with E-state index in [1.54, 1.807) is 32.4 Å². The minimum atomic E-state index is -4.76.